The van der Waals surface area contributed by atoms with E-state index in [0.717, 1.165) is 25.1 Å². The van der Waals surface area contributed by atoms with Crippen molar-refractivity contribution in [3.05, 3.63) is 66.0 Å². The number of nitrogens with zero attached hydrogens (tertiary/aromatic N) is 1. The third-order valence-corrected chi connectivity index (χ3v) is 5.99. The zero-order valence-corrected chi connectivity index (χ0v) is 16.2. The van der Waals surface area contributed by atoms with E-state index in [0.29, 0.717) is 23.2 Å². The van der Waals surface area contributed by atoms with Crippen LogP contribution in [0, 0.1) is 5.82 Å². The normalized spacial score (nSPS) is 25.0. The molecule has 4 rings (SSSR count). The summed E-state index contributed by atoms with van der Waals surface area (Å²) in [5.74, 6) is -0.238. The minimum Gasteiger partial charge on any atom is -0.360 e. The largest absolute Gasteiger partial charge is 0.360 e. The van der Waals surface area contributed by atoms with Crippen LogP contribution in [0.4, 0.5) is 10.1 Å². The highest BCUT2D eigenvalue weighted by Gasteiger charge is 2.38. The first-order chi connectivity index (χ1) is 13.2. The summed E-state index contributed by atoms with van der Waals surface area (Å²) in [5.41, 5.74) is 2.21. The predicted octanol–water partition coefficient (Wildman–Crippen LogP) is 4.70. The van der Waals surface area contributed by atoms with Crippen LogP contribution in [0.1, 0.15) is 37.7 Å². The minimum atomic E-state index is -0.238. The highest BCUT2D eigenvalue weighted by molar-refractivity contribution is 7.80. The van der Waals surface area contributed by atoms with Gasteiger partial charge in [0, 0.05) is 30.4 Å². The highest BCUT2D eigenvalue weighted by Crippen LogP contribution is 2.35. The van der Waals surface area contributed by atoms with Gasteiger partial charge < -0.3 is 10.6 Å². The van der Waals surface area contributed by atoms with Crippen molar-refractivity contribution in [2.24, 2.45) is 0 Å². The molecule has 2 aliphatic rings. The second-order valence-corrected chi connectivity index (χ2v) is 8.08. The van der Waals surface area contributed by atoms with E-state index in [9.17, 15) is 4.39 Å². The monoisotopic (exact) mass is 383 g/mol. The molecule has 0 aromatic heterocycles. The van der Waals surface area contributed by atoms with Crippen LogP contribution in [-0.4, -0.2) is 28.1 Å². The lowest BCUT2D eigenvalue weighted by Crippen LogP contribution is -2.56. The highest BCUT2D eigenvalue weighted by atomic mass is 32.1. The molecule has 0 aliphatic carbocycles. The number of fused-ring (bicyclic) bond motifs is 2. The van der Waals surface area contributed by atoms with E-state index in [1.807, 2.05) is 0 Å². The van der Waals surface area contributed by atoms with Gasteiger partial charge >= 0.3 is 0 Å². The molecule has 5 heteroatoms. The Morgan fingerprint density at radius 3 is 2.33 bits per heavy atom. The van der Waals surface area contributed by atoms with Crippen molar-refractivity contribution in [2.45, 2.75) is 56.8 Å². The molecule has 142 valence electrons. The molecule has 2 fully saturated rings. The lowest BCUT2D eigenvalue weighted by Gasteiger charge is -2.49. The van der Waals surface area contributed by atoms with Gasteiger partial charge in [-0.25, -0.2) is 4.39 Å². The average Bonchev–Trinajstić information content (AvgIpc) is 2.65. The molecule has 2 aromatic carbocycles. The van der Waals surface area contributed by atoms with Crippen LogP contribution in [0.3, 0.4) is 0 Å². The van der Waals surface area contributed by atoms with Crippen molar-refractivity contribution in [1.29, 1.82) is 0 Å². The molecule has 0 radical (unpaired) electrons. The van der Waals surface area contributed by atoms with Gasteiger partial charge in [0.1, 0.15) is 5.82 Å². The second-order valence-electron chi connectivity index (χ2n) is 7.67. The summed E-state index contributed by atoms with van der Waals surface area (Å²) in [6.45, 7) is 1.04. The molecular weight excluding hydrogens is 357 g/mol. The van der Waals surface area contributed by atoms with E-state index in [1.54, 1.807) is 12.1 Å². The minimum absolute atomic E-state index is 0.238. The van der Waals surface area contributed by atoms with Gasteiger partial charge in [-0.05, 0) is 67.7 Å². The van der Waals surface area contributed by atoms with Gasteiger partial charge in [0.15, 0.2) is 5.11 Å². The molecular formula is C22H26FN3S. The second kappa shape index (κ2) is 8.36. The van der Waals surface area contributed by atoms with Crippen molar-refractivity contribution >= 4 is 23.0 Å². The molecule has 0 spiro atoms. The zero-order valence-electron chi connectivity index (χ0n) is 15.4. The lowest BCUT2D eigenvalue weighted by atomic mass is 9.81. The summed E-state index contributed by atoms with van der Waals surface area (Å²) in [7, 11) is 0. The number of benzene rings is 2. The number of halogens is 1. The smallest absolute Gasteiger partial charge is 0.170 e. The van der Waals surface area contributed by atoms with Crippen LogP contribution in [-0.2, 0) is 6.54 Å². The number of nitrogens with one attached hydrogen (secondary N) is 2. The quantitative estimate of drug-likeness (QED) is 0.749. The van der Waals surface area contributed by atoms with Crippen molar-refractivity contribution < 1.29 is 4.39 Å². The standard InChI is InChI=1S/C22H26FN3S/c23-17-9-11-18(12-10-17)24-22(27)25-19-13-20-7-4-8-21(14-19)26(20)15-16-5-2-1-3-6-16/h1-3,5-6,9-12,19-21H,4,7-8,13-15H2,(H2,24,25,27). The third kappa shape index (κ3) is 4.66. The molecule has 2 unspecified atom stereocenters. The summed E-state index contributed by atoms with van der Waals surface area (Å²) in [6, 6.07) is 18.7. The number of hydrogen-bond acceptors (Lipinski definition) is 2. The Morgan fingerprint density at radius 1 is 1.00 bits per heavy atom. The average molecular weight is 384 g/mol. The number of thiocarbonyl (C=S) groups is 1. The van der Waals surface area contributed by atoms with E-state index in [-0.39, 0.29) is 5.82 Å². The maximum absolute atomic E-state index is 13.0. The number of anilines is 1. The van der Waals surface area contributed by atoms with Crippen molar-refractivity contribution in [3.63, 3.8) is 0 Å². The van der Waals surface area contributed by atoms with Gasteiger partial charge in [0.2, 0.25) is 0 Å². The van der Waals surface area contributed by atoms with E-state index in [2.05, 4.69) is 45.9 Å². The van der Waals surface area contributed by atoms with E-state index < -0.39 is 0 Å². The fourth-order valence-electron chi connectivity index (χ4n) is 4.53. The first-order valence-electron chi connectivity index (χ1n) is 9.80. The fourth-order valence-corrected chi connectivity index (χ4v) is 4.82. The van der Waals surface area contributed by atoms with E-state index >= 15 is 0 Å². The maximum atomic E-state index is 13.0. The van der Waals surface area contributed by atoms with Crippen LogP contribution < -0.4 is 10.6 Å². The molecule has 2 bridgehead atoms. The van der Waals surface area contributed by atoms with Crippen LogP contribution in [0.25, 0.3) is 0 Å². The molecule has 2 N–H and O–H groups in total. The number of piperidine rings is 2. The van der Waals surface area contributed by atoms with Crippen molar-refractivity contribution in [2.75, 3.05) is 5.32 Å². The first kappa shape index (κ1) is 18.4. The van der Waals surface area contributed by atoms with Crippen LogP contribution in [0.2, 0.25) is 0 Å². The van der Waals surface area contributed by atoms with Gasteiger partial charge in [0.25, 0.3) is 0 Å². The topological polar surface area (TPSA) is 27.3 Å². The summed E-state index contributed by atoms with van der Waals surface area (Å²) in [4.78, 5) is 2.70. The number of hydrogen-bond donors (Lipinski definition) is 2. The van der Waals surface area contributed by atoms with Crippen molar-refractivity contribution in [3.8, 4) is 0 Å². The maximum Gasteiger partial charge on any atom is 0.170 e. The predicted molar refractivity (Wildman–Crippen MR) is 112 cm³/mol. The molecule has 2 saturated heterocycles. The molecule has 2 heterocycles. The zero-order chi connectivity index (χ0) is 18.6. The lowest BCUT2D eigenvalue weighted by molar-refractivity contribution is 0.0212. The Balaban J connectivity index is 1.35. The number of rotatable bonds is 4. The Labute approximate surface area is 166 Å². The Morgan fingerprint density at radius 2 is 1.67 bits per heavy atom. The molecule has 2 aromatic rings. The summed E-state index contributed by atoms with van der Waals surface area (Å²) >= 11 is 5.49. The van der Waals surface area contributed by atoms with Crippen molar-refractivity contribution in [1.82, 2.24) is 10.2 Å². The van der Waals surface area contributed by atoms with Gasteiger partial charge in [-0.1, -0.05) is 36.8 Å². The molecule has 3 nitrogen and oxygen atoms in total. The first-order valence-corrected chi connectivity index (χ1v) is 10.2. The molecule has 0 amide bonds. The van der Waals surface area contributed by atoms with Crippen LogP contribution in [0.5, 0.6) is 0 Å². The van der Waals surface area contributed by atoms with Crippen LogP contribution in [0.15, 0.2) is 54.6 Å². The van der Waals surface area contributed by atoms with Gasteiger partial charge in [0.05, 0.1) is 0 Å². The molecule has 27 heavy (non-hydrogen) atoms. The van der Waals surface area contributed by atoms with Gasteiger partial charge in [-0.3, -0.25) is 4.90 Å². The molecule has 2 aliphatic heterocycles. The van der Waals surface area contributed by atoms with Gasteiger partial charge in [-0.2, -0.15) is 0 Å². The summed E-state index contributed by atoms with van der Waals surface area (Å²) < 4.78 is 13.0. The van der Waals surface area contributed by atoms with Crippen LogP contribution >= 0.6 is 12.2 Å². The Bertz CT molecular complexity index is 751. The van der Waals surface area contributed by atoms with E-state index in [1.165, 1.54) is 37.0 Å². The van der Waals surface area contributed by atoms with E-state index in [4.69, 9.17) is 12.2 Å². The van der Waals surface area contributed by atoms with Gasteiger partial charge in [-0.15, -0.1) is 0 Å². The molecule has 0 saturated carbocycles. The fraction of sp³-hybridized carbons (Fsp3) is 0.409. The SMILES string of the molecule is Fc1ccc(NC(=S)NC2CC3CCCC(C2)N3Cc2ccccc2)cc1. The Kier molecular flexibility index (Phi) is 5.69. The molecule has 2 atom stereocenters. The summed E-state index contributed by atoms with van der Waals surface area (Å²) in [6.07, 6.45) is 6.09. The third-order valence-electron chi connectivity index (χ3n) is 5.77. The summed E-state index contributed by atoms with van der Waals surface area (Å²) in [5, 5.41) is 7.29. The Hall–Kier alpha value is -1.98.